The Balaban J connectivity index is 0.00000851. The van der Waals surface area contributed by atoms with E-state index in [1.165, 1.54) is 12.1 Å². The van der Waals surface area contributed by atoms with Crippen molar-refractivity contribution in [2.75, 3.05) is 124 Å². The predicted octanol–water partition coefficient (Wildman–Crippen LogP) is 0.532. The first kappa shape index (κ1) is 67.6. The van der Waals surface area contributed by atoms with Crippen molar-refractivity contribution in [2.45, 2.75) is 70.4 Å². The van der Waals surface area contributed by atoms with Crippen LogP contribution in [0.1, 0.15) is 74.5 Å². The molecule has 0 saturated carbocycles. The fourth-order valence-corrected chi connectivity index (χ4v) is 8.67. The predicted molar refractivity (Wildman–Crippen MR) is 307 cm³/mol. The Morgan fingerprint density at radius 1 is 0.630 bits per heavy atom. The number of aliphatic imine (C=N–C) groups is 1. The Bertz CT molecular complexity index is 2400. The highest BCUT2D eigenvalue weighted by atomic mass is 16.4. The van der Waals surface area contributed by atoms with Gasteiger partial charge in [-0.25, -0.2) is 4.79 Å². The van der Waals surface area contributed by atoms with Crippen LogP contribution in [0.3, 0.4) is 0 Å². The van der Waals surface area contributed by atoms with Crippen molar-refractivity contribution in [1.29, 1.82) is 0 Å². The number of amides is 6. The van der Waals surface area contributed by atoms with Gasteiger partial charge in [0.05, 0.1) is 32.1 Å². The van der Waals surface area contributed by atoms with Crippen LogP contribution in [0.2, 0.25) is 0 Å². The third-order valence-corrected chi connectivity index (χ3v) is 12.9. The van der Waals surface area contributed by atoms with Gasteiger partial charge >= 0.3 is 18.0 Å². The van der Waals surface area contributed by atoms with Crippen LogP contribution in [-0.2, 0) is 40.1 Å². The molecule has 13 N–H and O–H groups in total. The number of aliphatic carboxylic acids is 2. The topological polar surface area (TPSA) is 353 Å². The molecule has 0 aliphatic carbocycles. The molecule has 1 heterocycles. The monoisotopic (exact) mass is 1130 g/mol. The van der Waals surface area contributed by atoms with E-state index in [1.807, 2.05) is 64.4 Å². The molecule has 0 spiro atoms. The van der Waals surface area contributed by atoms with E-state index in [0.29, 0.717) is 116 Å². The van der Waals surface area contributed by atoms with Crippen LogP contribution in [0, 0.1) is 0 Å². The summed E-state index contributed by atoms with van der Waals surface area (Å²) in [5.41, 5.74) is 8.86. The van der Waals surface area contributed by atoms with Crippen molar-refractivity contribution in [3.05, 3.63) is 95.6 Å². The highest BCUT2D eigenvalue weighted by molar-refractivity contribution is 5.95. The second-order valence-corrected chi connectivity index (χ2v) is 19.2. The Kier molecular flexibility index (Phi) is 33.1. The molecule has 1 aliphatic rings. The molecule has 3 aromatic rings. The average Bonchev–Trinajstić information content (AvgIpc) is 3.45. The van der Waals surface area contributed by atoms with Crippen molar-refractivity contribution in [3.8, 4) is 5.75 Å². The van der Waals surface area contributed by atoms with Gasteiger partial charge in [0.2, 0.25) is 23.6 Å². The van der Waals surface area contributed by atoms with E-state index in [4.69, 9.17) is 10.8 Å². The molecule has 81 heavy (non-hydrogen) atoms. The molecule has 0 bridgehead atoms. The maximum Gasteiger partial charge on any atom is 0.321 e. The Morgan fingerprint density at radius 3 is 1.79 bits per heavy atom. The number of nitrogens with zero attached hydrogens (tertiary/aromatic N) is 5. The van der Waals surface area contributed by atoms with Gasteiger partial charge in [0, 0.05) is 111 Å². The summed E-state index contributed by atoms with van der Waals surface area (Å²) >= 11 is 0. The van der Waals surface area contributed by atoms with E-state index < -0.39 is 35.8 Å². The minimum atomic E-state index is -0.999. The smallest absolute Gasteiger partial charge is 0.321 e. The number of carboxylic acid groups (broad SMARTS) is 2. The molecule has 25 nitrogen and oxygen atoms in total. The van der Waals surface area contributed by atoms with Crippen LogP contribution in [0.25, 0.3) is 0 Å². The number of unbranched alkanes of at least 4 members (excludes halogenated alkanes) is 2. The van der Waals surface area contributed by atoms with Gasteiger partial charge in [-0.2, -0.15) is 0 Å². The molecule has 1 saturated heterocycles. The number of aromatic hydroxyl groups is 1. The lowest BCUT2D eigenvalue weighted by Crippen LogP contribution is -2.49. The fourth-order valence-electron chi connectivity index (χ4n) is 8.67. The lowest BCUT2D eigenvalue weighted by Gasteiger charge is -2.32. The molecule has 25 heteroatoms. The van der Waals surface area contributed by atoms with Gasteiger partial charge in [-0.05, 0) is 80.0 Å². The summed E-state index contributed by atoms with van der Waals surface area (Å²) in [5.74, 6) is -3.76. The molecule has 0 aromatic heterocycles. The third kappa shape index (κ3) is 28.8. The summed E-state index contributed by atoms with van der Waals surface area (Å²) in [4.78, 5) is 111. The minimum absolute atomic E-state index is 0.0649. The fraction of sp³-hybridized carbons (Fsp3) is 0.518. The number of phenols is 1. The van der Waals surface area contributed by atoms with Crippen LogP contribution in [0.5, 0.6) is 5.75 Å². The summed E-state index contributed by atoms with van der Waals surface area (Å²) in [6, 6.07) is 21.7. The second-order valence-electron chi connectivity index (χ2n) is 19.2. The molecule has 1 aliphatic heterocycles. The Labute approximate surface area is 474 Å². The summed E-state index contributed by atoms with van der Waals surface area (Å²) in [5, 5.41) is 55.7. The lowest BCUT2D eigenvalue weighted by atomic mass is 9.90. The number of carbonyl (C=O) groups is 8. The Hall–Kier alpha value is -7.71. The Morgan fingerprint density at radius 2 is 1.20 bits per heavy atom. The van der Waals surface area contributed by atoms with Crippen molar-refractivity contribution in [3.63, 3.8) is 0 Å². The normalized spacial score (nSPS) is 14.7. The zero-order valence-corrected chi connectivity index (χ0v) is 46.8. The summed E-state index contributed by atoms with van der Waals surface area (Å²) in [6.07, 6.45) is 4.43. The minimum Gasteiger partial charge on any atom is -0.508 e. The number of hydrogen-bond donors (Lipinski definition) is 12. The SMILES string of the molecule is CCNC(=O)NC(N)=NCCCC(NC(=O)C(c1ccccc1)c1ccc(NCCCNC(=O)CCCCCNC(=O)CN2CCN(CC=O)CCN(CC(=O)O)CCN(CC(=O)O)CC2)cc1)C(=O)NCc1ccc(O)cc1.CO. The first-order valence-corrected chi connectivity index (χ1v) is 27.5. The zero-order chi connectivity index (χ0) is 59.2. The molecule has 3 aromatic carbocycles. The van der Waals surface area contributed by atoms with Crippen LogP contribution in [0.15, 0.2) is 83.9 Å². The number of carbonyl (C=O) groups excluding carboxylic acids is 6. The van der Waals surface area contributed by atoms with Gasteiger partial charge in [0.1, 0.15) is 18.1 Å². The van der Waals surface area contributed by atoms with E-state index >= 15 is 0 Å². The van der Waals surface area contributed by atoms with Crippen molar-refractivity contribution in [1.82, 2.24) is 51.5 Å². The van der Waals surface area contributed by atoms with E-state index in [2.05, 4.69) is 42.2 Å². The molecule has 2 atom stereocenters. The zero-order valence-electron chi connectivity index (χ0n) is 46.8. The number of aldehydes is 1. The maximum absolute atomic E-state index is 14.3. The van der Waals surface area contributed by atoms with Gasteiger partial charge in [-0.15, -0.1) is 0 Å². The van der Waals surface area contributed by atoms with E-state index in [0.717, 1.165) is 36.6 Å². The van der Waals surface area contributed by atoms with Crippen LogP contribution in [-0.4, -0.2) is 218 Å². The second kappa shape index (κ2) is 39.6. The van der Waals surface area contributed by atoms with Crippen molar-refractivity contribution >= 4 is 59.5 Å². The first-order chi connectivity index (χ1) is 39.1. The van der Waals surface area contributed by atoms with Crippen LogP contribution >= 0.6 is 0 Å². The molecule has 446 valence electrons. The molecule has 0 radical (unpaired) electrons. The number of rotatable bonds is 31. The number of carboxylic acids is 2. The molecular weight excluding hydrogens is 1050 g/mol. The number of phenolic OH excluding ortho intramolecular Hbond substituents is 1. The number of hydrogen-bond acceptors (Lipinski definition) is 16. The number of aliphatic hydroxyl groups is 1. The number of anilines is 1. The van der Waals surface area contributed by atoms with Crippen molar-refractivity contribution < 1.29 is 58.8 Å². The third-order valence-electron chi connectivity index (χ3n) is 12.9. The standard InChI is InChI=1S/C55H81N13O11.CH4O/c1-2-57-55(79)64-54(56)61-24-9-13-46(52(77)62-37-41-15-21-45(70)22-16-41)63-53(78)51(42-11-5-3-6-12-42)43-17-19-44(20-18-43)58-25-10-26-59-47(71)14-7-4-8-23-60-48(72)38-66-29-27-65(35-36-69)28-30-67(39-49(73)74)33-34-68(32-31-66)40-50(75)76;1-2/h3,5-6,11-12,15-22,36,46,51,58,70H,2,4,7-10,13-14,23-35,37-40H2,1H3,(H,59,71)(H,60,72)(H,62,77)(H,63,78)(H,73,74)(H,75,76)(H4,56,57,61,64,79);2H,1H3. The number of guanidine groups is 1. The quantitative estimate of drug-likeness (QED) is 0.0181. The molecular formula is C56H85N13O12. The maximum atomic E-state index is 14.3. The van der Waals surface area contributed by atoms with Gasteiger partial charge in [0.15, 0.2) is 5.96 Å². The molecule has 1 fully saturated rings. The first-order valence-electron chi connectivity index (χ1n) is 27.5. The van der Waals surface area contributed by atoms with E-state index in [9.17, 15) is 53.7 Å². The van der Waals surface area contributed by atoms with Gasteiger partial charge in [-0.1, -0.05) is 61.0 Å². The van der Waals surface area contributed by atoms with Gasteiger partial charge in [-0.3, -0.25) is 58.7 Å². The largest absolute Gasteiger partial charge is 0.508 e. The number of benzene rings is 3. The molecule has 6 amide bonds. The van der Waals surface area contributed by atoms with Crippen molar-refractivity contribution in [2.24, 2.45) is 10.7 Å². The number of nitrogens with two attached hydrogens (primary N) is 1. The number of nitrogens with one attached hydrogen (secondary N) is 7. The average molecular weight is 1130 g/mol. The molecule has 2 unspecified atom stereocenters. The van der Waals surface area contributed by atoms with Gasteiger partial charge < -0.3 is 62.9 Å². The van der Waals surface area contributed by atoms with Crippen LogP contribution < -0.4 is 43.0 Å². The van der Waals surface area contributed by atoms with Crippen LogP contribution in [0.4, 0.5) is 10.5 Å². The lowest BCUT2D eigenvalue weighted by molar-refractivity contribution is -0.140. The summed E-state index contributed by atoms with van der Waals surface area (Å²) in [6.45, 7) is 7.04. The highest BCUT2D eigenvalue weighted by Gasteiger charge is 2.28. The van der Waals surface area contributed by atoms with Gasteiger partial charge in [0.25, 0.3) is 0 Å². The number of aliphatic hydroxyl groups excluding tert-OH is 1. The molecule has 4 rings (SSSR count). The number of urea groups is 1. The summed E-state index contributed by atoms with van der Waals surface area (Å²) < 4.78 is 0. The van der Waals surface area contributed by atoms with E-state index in [-0.39, 0.29) is 75.1 Å². The highest BCUT2D eigenvalue weighted by Crippen LogP contribution is 2.27. The summed E-state index contributed by atoms with van der Waals surface area (Å²) in [7, 11) is 1.00. The van der Waals surface area contributed by atoms with E-state index in [1.54, 1.807) is 28.9 Å².